The van der Waals surface area contributed by atoms with Crippen LogP contribution in [0.2, 0.25) is 0 Å². The molecule has 1 aliphatic rings. The van der Waals surface area contributed by atoms with Crippen molar-refractivity contribution in [3.8, 4) is 5.69 Å². The summed E-state index contributed by atoms with van der Waals surface area (Å²) in [6, 6.07) is 10.3. The number of anilines is 1. The normalized spacial score (nSPS) is 14.4. The van der Waals surface area contributed by atoms with E-state index < -0.39 is 0 Å². The van der Waals surface area contributed by atoms with Gasteiger partial charge in [0, 0.05) is 36.7 Å². The second-order valence-electron chi connectivity index (χ2n) is 8.35. The Kier molecular flexibility index (Phi) is 6.80. The molecule has 2 heterocycles. The van der Waals surface area contributed by atoms with E-state index >= 15 is 0 Å². The molecule has 3 aromatic rings. The van der Waals surface area contributed by atoms with Crippen molar-refractivity contribution in [2.45, 2.75) is 39.0 Å². The number of nitrogens with zero attached hydrogens (tertiary/aromatic N) is 3. The molecule has 32 heavy (non-hydrogen) atoms. The molecule has 168 valence electrons. The number of nitrogens with one attached hydrogen (secondary N) is 2. The average Bonchev–Trinajstić information content (AvgIpc) is 2.82. The van der Waals surface area contributed by atoms with Gasteiger partial charge in [-0.2, -0.15) is 4.98 Å². The van der Waals surface area contributed by atoms with Gasteiger partial charge in [0.1, 0.15) is 0 Å². The topological polar surface area (TPSA) is 115 Å². The highest BCUT2D eigenvalue weighted by Gasteiger charge is 2.16. The van der Waals surface area contributed by atoms with E-state index in [9.17, 15) is 9.59 Å². The van der Waals surface area contributed by atoms with Crippen LogP contribution in [0.4, 0.5) is 5.95 Å². The lowest BCUT2D eigenvalue weighted by molar-refractivity contribution is 0.0943. The predicted octanol–water partition coefficient (Wildman–Crippen LogP) is 2.77. The highest BCUT2D eigenvalue weighted by molar-refractivity contribution is 5.94. The molecule has 4 rings (SSSR count). The molecular formula is C24H30N6O2. The van der Waals surface area contributed by atoms with Gasteiger partial charge in [0.2, 0.25) is 5.95 Å². The monoisotopic (exact) mass is 434 g/mol. The quantitative estimate of drug-likeness (QED) is 0.527. The van der Waals surface area contributed by atoms with Gasteiger partial charge in [-0.3, -0.25) is 14.2 Å². The number of amides is 1. The maximum absolute atomic E-state index is 12.7. The van der Waals surface area contributed by atoms with E-state index in [4.69, 9.17) is 5.73 Å². The third-order valence-electron chi connectivity index (χ3n) is 6.03. The number of benzene rings is 1. The van der Waals surface area contributed by atoms with Crippen molar-refractivity contribution < 1.29 is 4.79 Å². The smallest absolute Gasteiger partial charge is 0.256 e. The number of hydrogen-bond acceptors (Lipinski definition) is 6. The number of nitrogens with two attached hydrogens (primary N) is 1. The number of pyridine rings is 1. The molecule has 1 amide bonds. The summed E-state index contributed by atoms with van der Waals surface area (Å²) < 4.78 is 1.54. The maximum Gasteiger partial charge on any atom is 0.256 e. The molecule has 1 fully saturated rings. The van der Waals surface area contributed by atoms with E-state index in [0.717, 1.165) is 17.6 Å². The van der Waals surface area contributed by atoms with Gasteiger partial charge in [-0.25, -0.2) is 4.98 Å². The Morgan fingerprint density at radius 2 is 1.84 bits per heavy atom. The summed E-state index contributed by atoms with van der Waals surface area (Å²) in [5.74, 6) is 0.920. The molecule has 0 unspecified atom stereocenters. The van der Waals surface area contributed by atoms with Gasteiger partial charge in [0.15, 0.2) is 5.65 Å². The Morgan fingerprint density at radius 3 is 2.56 bits per heavy atom. The fraction of sp³-hybridized carbons (Fsp3) is 0.417. The number of hydrogen-bond donors (Lipinski definition) is 3. The first-order valence-electron chi connectivity index (χ1n) is 11.3. The lowest BCUT2D eigenvalue weighted by atomic mass is 9.89. The number of fused-ring (bicyclic) bond motifs is 1. The van der Waals surface area contributed by atoms with Crippen LogP contribution < -0.4 is 21.9 Å². The highest BCUT2D eigenvalue weighted by atomic mass is 16.1. The molecule has 0 spiro atoms. The molecule has 1 saturated carbocycles. The molecule has 1 aromatic carbocycles. The zero-order valence-electron chi connectivity index (χ0n) is 18.4. The number of carbonyl (C=O) groups excluding carboxylic acids is 1. The van der Waals surface area contributed by atoms with E-state index in [1.165, 1.54) is 38.2 Å². The molecule has 0 radical (unpaired) electrons. The fourth-order valence-electron chi connectivity index (χ4n) is 4.27. The van der Waals surface area contributed by atoms with Crippen LogP contribution >= 0.6 is 0 Å². The van der Waals surface area contributed by atoms with Gasteiger partial charge in [0.25, 0.3) is 11.5 Å². The van der Waals surface area contributed by atoms with Crippen LogP contribution in [-0.4, -0.2) is 40.1 Å². The van der Waals surface area contributed by atoms with E-state index in [1.54, 1.807) is 34.9 Å². The summed E-state index contributed by atoms with van der Waals surface area (Å²) in [5.41, 5.74) is 7.87. The lowest BCUT2D eigenvalue weighted by Crippen LogP contribution is -2.30. The van der Waals surface area contributed by atoms with Crippen molar-refractivity contribution >= 4 is 22.9 Å². The minimum atomic E-state index is -0.199. The lowest BCUT2D eigenvalue weighted by Gasteiger charge is -2.21. The Balaban J connectivity index is 1.59. The van der Waals surface area contributed by atoms with E-state index in [1.807, 2.05) is 6.92 Å². The Bertz CT molecular complexity index is 1150. The SMILES string of the molecule is Cc1nc(NCCN)nc2c1ccc(=O)n2-c1ccc(C(=O)NCC2CCCCC2)cc1. The summed E-state index contributed by atoms with van der Waals surface area (Å²) >= 11 is 0. The minimum Gasteiger partial charge on any atom is -0.353 e. The molecular weight excluding hydrogens is 404 g/mol. The molecule has 8 nitrogen and oxygen atoms in total. The fourth-order valence-corrected chi connectivity index (χ4v) is 4.27. The highest BCUT2D eigenvalue weighted by Crippen LogP contribution is 2.23. The van der Waals surface area contributed by atoms with Gasteiger partial charge in [-0.1, -0.05) is 19.3 Å². The predicted molar refractivity (Wildman–Crippen MR) is 126 cm³/mol. The zero-order chi connectivity index (χ0) is 22.5. The third kappa shape index (κ3) is 4.80. The summed E-state index contributed by atoms with van der Waals surface area (Å²) in [4.78, 5) is 34.3. The van der Waals surface area contributed by atoms with Crippen LogP contribution in [-0.2, 0) is 0 Å². The molecule has 4 N–H and O–H groups in total. The zero-order valence-corrected chi connectivity index (χ0v) is 18.4. The first kappa shape index (κ1) is 22.0. The van der Waals surface area contributed by atoms with Gasteiger partial charge in [-0.05, 0) is 56.0 Å². The third-order valence-corrected chi connectivity index (χ3v) is 6.03. The molecule has 0 bridgehead atoms. The first-order valence-corrected chi connectivity index (χ1v) is 11.3. The van der Waals surface area contributed by atoms with Crippen LogP contribution in [0.3, 0.4) is 0 Å². The largest absolute Gasteiger partial charge is 0.353 e. The van der Waals surface area contributed by atoms with Crippen LogP contribution in [0.5, 0.6) is 0 Å². The molecule has 2 aromatic heterocycles. The molecule has 1 aliphatic carbocycles. The minimum absolute atomic E-state index is 0.0844. The second kappa shape index (κ2) is 9.91. The Morgan fingerprint density at radius 1 is 1.09 bits per heavy atom. The number of aryl methyl sites for hydroxylation is 1. The van der Waals surface area contributed by atoms with Gasteiger partial charge in [0.05, 0.1) is 11.4 Å². The van der Waals surface area contributed by atoms with E-state index in [0.29, 0.717) is 41.9 Å². The summed E-state index contributed by atoms with van der Waals surface area (Å²) in [7, 11) is 0. The Labute approximate surface area is 187 Å². The number of aromatic nitrogens is 3. The van der Waals surface area contributed by atoms with E-state index in [2.05, 4.69) is 20.6 Å². The molecule has 8 heteroatoms. The summed E-state index contributed by atoms with van der Waals surface area (Å²) in [6.45, 7) is 3.59. The van der Waals surface area contributed by atoms with Crippen molar-refractivity contribution in [2.24, 2.45) is 11.7 Å². The average molecular weight is 435 g/mol. The second-order valence-corrected chi connectivity index (χ2v) is 8.35. The van der Waals surface area contributed by atoms with Gasteiger partial charge >= 0.3 is 0 Å². The Hall–Kier alpha value is -3.26. The summed E-state index contributed by atoms with van der Waals surface area (Å²) in [6.07, 6.45) is 6.18. The maximum atomic E-state index is 12.7. The van der Waals surface area contributed by atoms with Gasteiger partial charge < -0.3 is 16.4 Å². The molecule has 0 atom stereocenters. The first-order chi connectivity index (χ1) is 15.6. The van der Waals surface area contributed by atoms with Crippen molar-refractivity contribution in [2.75, 3.05) is 25.0 Å². The van der Waals surface area contributed by atoms with Crippen LogP contribution in [0.1, 0.15) is 48.2 Å². The summed E-state index contributed by atoms with van der Waals surface area (Å²) in [5, 5.41) is 6.92. The van der Waals surface area contributed by atoms with Crippen molar-refractivity contribution in [1.29, 1.82) is 0 Å². The molecule has 0 aliphatic heterocycles. The van der Waals surface area contributed by atoms with Crippen molar-refractivity contribution in [1.82, 2.24) is 19.9 Å². The number of rotatable bonds is 7. The van der Waals surface area contributed by atoms with Crippen molar-refractivity contribution in [3.05, 3.63) is 58.0 Å². The van der Waals surface area contributed by atoms with Crippen molar-refractivity contribution in [3.63, 3.8) is 0 Å². The van der Waals surface area contributed by atoms with Crippen LogP contribution in [0.25, 0.3) is 16.7 Å². The van der Waals surface area contributed by atoms with Crippen LogP contribution in [0, 0.1) is 12.8 Å². The van der Waals surface area contributed by atoms with Gasteiger partial charge in [-0.15, -0.1) is 0 Å². The van der Waals surface area contributed by atoms with E-state index in [-0.39, 0.29) is 11.5 Å². The molecule has 0 saturated heterocycles. The standard InChI is InChI=1S/C24H30N6O2/c1-16-20-11-12-21(31)30(22(20)29-24(28-16)26-14-13-25)19-9-7-18(8-10-19)23(32)27-15-17-5-3-2-4-6-17/h7-12,17H,2-6,13-15,25H2,1H3,(H,27,32)(H,26,28,29). The van der Waals surface area contributed by atoms with Crippen LogP contribution in [0.15, 0.2) is 41.2 Å². The number of carbonyl (C=O) groups is 1.